The van der Waals surface area contributed by atoms with Crippen molar-refractivity contribution in [3.05, 3.63) is 107 Å². The maximum absolute atomic E-state index is 2.57. The van der Waals surface area contributed by atoms with E-state index < -0.39 is 0 Å². The molecule has 0 aliphatic rings. The van der Waals surface area contributed by atoms with Crippen LogP contribution < -0.4 is 4.57 Å². The highest BCUT2D eigenvalue weighted by molar-refractivity contribution is 5.79. The summed E-state index contributed by atoms with van der Waals surface area (Å²) in [4.78, 5) is 0. The van der Waals surface area contributed by atoms with Crippen LogP contribution >= 0.6 is 0 Å². The van der Waals surface area contributed by atoms with Crippen LogP contribution in [0.4, 0.5) is 0 Å². The van der Waals surface area contributed by atoms with Crippen LogP contribution in [0.5, 0.6) is 0 Å². The third-order valence-corrected chi connectivity index (χ3v) is 9.18. The van der Waals surface area contributed by atoms with E-state index >= 15 is 0 Å². The van der Waals surface area contributed by atoms with E-state index in [2.05, 4.69) is 171 Å². The van der Waals surface area contributed by atoms with Gasteiger partial charge in [-0.05, 0) is 102 Å². The molecule has 44 heavy (non-hydrogen) atoms. The topological polar surface area (TPSA) is 8.81 Å². The number of aromatic nitrogens is 2. The van der Waals surface area contributed by atoms with E-state index in [1.165, 1.54) is 67.1 Å². The number of imidazole rings is 1. The first kappa shape index (κ1) is 31.8. The van der Waals surface area contributed by atoms with Gasteiger partial charge in [-0.25, -0.2) is 4.57 Å². The van der Waals surface area contributed by atoms with E-state index in [1.807, 2.05) is 0 Å². The van der Waals surface area contributed by atoms with Crippen molar-refractivity contribution < 1.29 is 4.57 Å². The molecule has 0 spiro atoms. The maximum Gasteiger partial charge on any atom is 0.267 e. The van der Waals surface area contributed by atoms with Gasteiger partial charge in [0.25, 0.3) is 5.82 Å². The first-order valence-electron chi connectivity index (χ1n) is 16.6. The van der Waals surface area contributed by atoms with Crippen molar-refractivity contribution in [3.63, 3.8) is 0 Å². The van der Waals surface area contributed by atoms with E-state index in [9.17, 15) is 0 Å². The molecule has 0 saturated carbocycles. The number of hydrogen-bond acceptors (Lipinski definition) is 0. The zero-order chi connectivity index (χ0) is 32.1. The van der Waals surface area contributed by atoms with Crippen molar-refractivity contribution in [3.8, 4) is 27.9 Å². The van der Waals surface area contributed by atoms with Gasteiger partial charge in [0.15, 0.2) is 11.0 Å². The van der Waals surface area contributed by atoms with Crippen LogP contribution in [0.3, 0.4) is 0 Å². The molecule has 0 fully saturated rings. The van der Waals surface area contributed by atoms with Crippen molar-refractivity contribution in [2.75, 3.05) is 0 Å². The lowest BCUT2D eigenvalue weighted by molar-refractivity contribution is -0.657. The highest BCUT2D eigenvalue weighted by Crippen LogP contribution is 2.40. The lowest BCUT2D eigenvalue weighted by Gasteiger charge is -2.23. The van der Waals surface area contributed by atoms with Gasteiger partial charge >= 0.3 is 0 Å². The Kier molecular flexibility index (Phi) is 8.69. The first-order chi connectivity index (χ1) is 20.7. The maximum atomic E-state index is 2.57. The quantitative estimate of drug-likeness (QED) is 0.168. The number of hydrogen-bond donors (Lipinski definition) is 0. The van der Waals surface area contributed by atoms with E-state index in [4.69, 9.17) is 0 Å². The van der Waals surface area contributed by atoms with Crippen molar-refractivity contribution in [1.82, 2.24) is 4.57 Å². The Labute approximate surface area is 266 Å². The minimum absolute atomic E-state index is 0.0346. The Bertz CT molecular complexity index is 1730. The van der Waals surface area contributed by atoms with Crippen LogP contribution in [0, 0.1) is 0 Å². The second-order valence-corrected chi connectivity index (χ2v) is 15.0. The lowest BCUT2D eigenvalue weighted by Crippen LogP contribution is -2.39. The average molecular weight is 586 g/mol. The van der Waals surface area contributed by atoms with Crippen LogP contribution in [0.25, 0.3) is 39.0 Å². The summed E-state index contributed by atoms with van der Waals surface area (Å²) >= 11 is 0. The SMILES string of the molecule is CC(C)c1cc(-c2ccc(-c3cc(C(C)C)c(-n4c(C(C)(C)C)[n+](C)c5ccccc54)c(C(C)C)c3)cc2)cc(C(C)C)c1. The predicted molar refractivity (Wildman–Crippen MR) is 190 cm³/mol. The van der Waals surface area contributed by atoms with Crippen LogP contribution in [0.1, 0.15) is 128 Å². The van der Waals surface area contributed by atoms with Gasteiger partial charge in [0.1, 0.15) is 5.69 Å². The monoisotopic (exact) mass is 585 g/mol. The largest absolute Gasteiger partial charge is 0.267 e. The standard InChI is InChI=1S/C42H53N2/c1-26(2)32-21-33(27(3)4)23-34(22-32)30-17-19-31(20-18-30)35-24-36(28(5)6)40(37(25-35)29(7)8)44-39-16-14-13-15-38(39)43(12)41(44)42(9,10)11/h13-29H,1-12H3/q+1. The van der Waals surface area contributed by atoms with E-state index in [1.54, 1.807) is 0 Å². The van der Waals surface area contributed by atoms with E-state index in [0.29, 0.717) is 23.7 Å². The molecule has 0 amide bonds. The molecule has 1 heterocycles. The molecule has 0 aliphatic heterocycles. The smallest absolute Gasteiger partial charge is 0.229 e. The normalized spacial score (nSPS) is 12.5. The molecular weight excluding hydrogens is 532 g/mol. The van der Waals surface area contributed by atoms with E-state index in [-0.39, 0.29) is 5.41 Å². The van der Waals surface area contributed by atoms with E-state index in [0.717, 1.165) is 0 Å². The Morgan fingerprint density at radius 2 is 1.00 bits per heavy atom. The third kappa shape index (κ3) is 5.88. The fourth-order valence-corrected chi connectivity index (χ4v) is 6.73. The number of benzene rings is 4. The summed E-state index contributed by atoms with van der Waals surface area (Å²) in [5.41, 5.74) is 14.6. The summed E-state index contributed by atoms with van der Waals surface area (Å²) in [5.74, 6) is 3.08. The molecule has 0 saturated heterocycles. The summed E-state index contributed by atoms with van der Waals surface area (Å²) in [6.07, 6.45) is 0. The number of para-hydroxylation sites is 2. The van der Waals surface area contributed by atoms with Gasteiger partial charge in [-0.3, -0.25) is 0 Å². The molecule has 5 aromatic rings. The molecule has 5 rings (SSSR count). The lowest BCUT2D eigenvalue weighted by atomic mass is 9.86. The highest BCUT2D eigenvalue weighted by atomic mass is 15.2. The fraction of sp³-hybridized carbons (Fsp3) is 0.405. The number of aryl methyl sites for hydroxylation is 1. The van der Waals surface area contributed by atoms with Gasteiger partial charge in [0.05, 0.1) is 12.5 Å². The summed E-state index contributed by atoms with van der Waals surface area (Å²) in [7, 11) is 2.22. The number of nitrogens with zero attached hydrogens (tertiary/aromatic N) is 2. The second-order valence-electron chi connectivity index (χ2n) is 15.0. The minimum Gasteiger partial charge on any atom is -0.229 e. The Balaban J connectivity index is 1.70. The molecule has 0 aliphatic carbocycles. The molecule has 2 nitrogen and oxygen atoms in total. The van der Waals surface area contributed by atoms with Gasteiger partial charge in [-0.1, -0.05) is 110 Å². The molecule has 0 bridgehead atoms. The molecule has 1 aromatic heterocycles. The van der Waals surface area contributed by atoms with Crippen LogP contribution in [-0.2, 0) is 12.5 Å². The molecule has 0 atom stereocenters. The Hall–Kier alpha value is -3.65. The van der Waals surface area contributed by atoms with Crippen LogP contribution in [0.2, 0.25) is 0 Å². The Morgan fingerprint density at radius 3 is 1.43 bits per heavy atom. The molecule has 2 heteroatoms. The average Bonchev–Trinajstić information content (AvgIpc) is 3.28. The molecule has 0 N–H and O–H groups in total. The summed E-state index contributed by atoms with van der Waals surface area (Å²) in [6, 6.07) is 30.2. The fourth-order valence-electron chi connectivity index (χ4n) is 6.73. The Morgan fingerprint density at radius 1 is 0.545 bits per heavy atom. The van der Waals surface area contributed by atoms with Gasteiger partial charge in [0.2, 0.25) is 0 Å². The van der Waals surface area contributed by atoms with Crippen molar-refractivity contribution in [2.24, 2.45) is 7.05 Å². The van der Waals surface area contributed by atoms with Crippen molar-refractivity contribution in [1.29, 1.82) is 0 Å². The minimum atomic E-state index is -0.0346. The van der Waals surface area contributed by atoms with Crippen LogP contribution in [0.15, 0.2) is 78.9 Å². The zero-order valence-electron chi connectivity index (χ0n) is 29.2. The molecule has 4 aromatic carbocycles. The first-order valence-corrected chi connectivity index (χ1v) is 16.6. The summed E-state index contributed by atoms with van der Waals surface area (Å²) in [6.45, 7) is 25.5. The second kappa shape index (κ2) is 12.0. The highest BCUT2D eigenvalue weighted by Gasteiger charge is 2.36. The molecule has 0 unspecified atom stereocenters. The van der Waals surface area contributed by atoms with Gasteiger partial charge in [-0.15, -0.1) is 0 Å². The number of rotatable bonds is 7. The predicted octanol–water partition coefficient (Wildman–Crippen LogP) is 11.6. The summed E-state index contributed by atoms with van der Waals surface area (Å²) in [5, 5.41) is 0. The third-order valence-electron chi connectivity index (χ3n) is 9.18. The van der Waals surface area contributed by atoms with Crippen LogP contribution in [-0.4, -0.2) is 4.57 Å². The molecule has 230 valence electrons. The van der Waals surface area contributed by atoms with Crippen molar-refractivity contribution >= 4 is 11.0 Å². The molecule has 0 radical (unpaired) electrons. The van der Waals surface area contributed by atoms with Gasteiger partial charge in [0, 0.05) is 11.1 Å². The number of fused-ring (bicyclic) bond motifs is 1. The van der Waals surface area contributed by atoms with Gasteiger partial charge in [-0.2, -0.15) is 4.57 Å². The summed E-state index contributed by atoms with van der Waals surface area (Å²) < 4.78 is 4.97. The van der Waals surface area contributed by atoms with Gasteiger partial charge < -0.3 is 0 Å². The van der Waals surface area contributed by atoms with Crippen molar-refractivity contribution in [2.45, 2.75) is 105 Å². The molecular formula is C42H53N2+. The zero-order valence-corrected chi connectivity index (χ0v) is 29.2.